The highest BCUT2D eigenvalue weighted by atomic mass is 16.6. The number of carbonyl (C=O) groups excluding carboxylic acids is 9. The highest BCUT2D eigenvalue weighted by molar-refractivity contribution is 5.94. The number of allylic oxidation sites excluding steroid dienone is 1. The number of nitrogens with one attached hydrogen (secondary N) is 5. The Morgan fingerprint density at radius 1 is 0.806 bits per heavy atom. The van der Waals surface area contributed by atoms with Crippen LogP contribution in [-0.2, 0) is 47.8 Å². The van der Waals surface area contributed by atoms with Crippen LogP contribution in [0.4, 0.5) is 9.59 Å². The van der Waals surface area contributed by atoms with Gasteiger partial charge < -0.3 is 62.1 Å². The van der Waals surface area contributed by atoms with Gasteiger partial charge in [-0.25, -0.2) is 9.59 Å². The van der Waals surface area contributed by atoms with Crippen molar-refractivity contribution in [2.45, 2.75) is 149 Å². The minimum atomic E-state index is -1.15. The highest BCUT2D eigenvalue weighted by Gasteiger charge is 2.41. The average molecular weight is 1020 g/mol. The number of nitrogens with two attached hydrogens (primary N) is 2. The van der Waals surface area contributed by atoms with Gasteiger partial charge >= 0.3 is 12.1 Å². The maximum atomic E-state index is 14.4. The van der Waals surface area contributed by atoms with E-state index in [-0.39, 0.29) is 86.2 Å². The largest absolute Gasteiger partial charge is 0.445 e. The van der Waals surface area contributed by atoms with Crippen molar-refractivity contribution in [3.8, 4) is 0 Å². The smallest absolute Gasteiger partial charge is 0.410 e. The third-order valence-electron chi connectivity index (χ3n) is 12.6. The van der Waals surface area contributed by atoms with Gasteiger partial charge in [0, 0.05) is 59.9 Å². The third kappa shape index (κ3) is 21.4. The second-order valence-corrected chi connectivity index (χ2v) is 19.5. The van der Waals surface area contributed by atoms with E-state index < -0.39 is 89.8 Å². The number of amides is 10. The summed E-state index contributed by atoms with van der Waals surface area (Å²) in [7, 11) is 6.22. The van der Waals surface area contributed by atoms with Crippen molar-refractivity contribution in [1.82, 2.24) is 41.3 Å². The Kier molecular flexibility index (Phi) is 28.6. The molecule has 1 saturated heterocycles. The number of likely N-dealkylation sites (tertiary alicyclic amines) is 1. The molecule has 8 unspecified atom stereocenters. The lowest BCUT2D eigenvalue weighted by atomic mass is 9.89. The summed E-state index contributed by atoms with van der Waals surface area (Å²) >= 11 is 0. The second-order valence-electron chi connectivity index (χ2n) is 19.5. The number of rotatable bonds is 32. The lowest BCUT2D eigenvalue weighted by Gasteiger charge is -2.40. The normalized spacial score (nSPS) is 16.4. The van der Waals surface area contributed by atoms with Crippen molar-refractivity contribution in [2.75, 3.05) is 54.6 Å². The average Bonchev–Trinajstić information content (AvgIpc) is 3.78. The SMILES string of the molecule is C=C(/C=C\C(=C)NC(=O)C(CCCNC(N)=O)NC(=O)C(NC(=O)CCC(N)=O)C(C)C)COC(=O)N(C)C(C(=O)NC(C(=O)N(C)C(C(C)CC)C(CC(=O)N1CCCC1COC)OC)C(C)C)C(C)C. The lowest BCUT2D eigenvalue weighted by Crippen LogP contribution is -2.60. The van der Waals surface area contributed by atoms with Crippen LogP contribution < -0.4 is 38.1 Å². The Labute approximate surface area is 426 Å². The van der Waals surface area contributed by atoms with Crippen molar-refractivity contribution in [2.24, 2.45) is 35.1 Å². The molecule has 72 heavy (non-hydrogen) atoms. The molecule has 0 spiro atoms. The zero-order valence-corrected chi connectivity index (χ0v) is 44.8. The van der Waals surface area contributed by atoms with Crippen LogP contribution in [0.15, 0.2) is 36.6 Å². The molecule has 1 aliphatic rings. The van der Waals surface area contributed by atoms with Gasteiger partial charge in [-0.1, -0.05) is 81.0 Å². The number of urea groups is 1. The summed E-state index contributed by atoms with van der Waals surface area (Å²) < 4.78 is 16.8. The number of methoxy groups -OCH3 is 2. The summed E-state index contributed by atoms with van der Waals surface area (Å²) in [4.78, 5) is 122. The molecule has 0 aromatic carbocycles. The van der Waals surface area contributed by atoms with Gasteiger partial charge in [-0.15, -0.1) is 0 Å². The number of hydrogen-bond acceptors (Lipinski definition) is 12. The number of nitrogens with zero attached hydrogens (tertiary/aromatic N) is 3. The molecule has 8 atom stereocenters. The molecule has 1 aliphatic heterocycles. The predicted octanol–water partition coefficient (Wildman–Crippen LogP) is 2.22. The fourth-order valence-corrected chi connectivity index (χ4v) is 8.43. The van der Waals surface area contributed by atoms with Gasteiger partial charge in [0.2, 0.25) is 41.4 Å². The maximum Gasteiger partial charge on any atom is 0.410 e. The van der Waals surface area contributed by atoms with E-state index in [9.17, 15) is 43.2 Å². The van der Waals surface area contributed by atoms with Gasteiger partial charge in [0.25, 0.3) is 0 Å². The van der Waals surface area contributed by atoms with Crippen LogP contribution in [0.3, 0.4) is 0 Å². The summed E-state index contributed by atoms with van der Waals surface area (Å²) in [5.74, 6) is -4.87. The zero-order valence-electron chi connectivity index (χ0n) is 44.8. The van der Waals surface area contributed by atoms with E-state index in [1.165, 1.54) is 26.3 Å². The van der Waals surface area contributed by atoms with Crippen LogP contribution in [0.25, 0.3) is 0 Å². The number of ether oxygens (including phenoxy) is 3. The summed E-state index contributed by atoms with van der Waals surface area (Å²) in [5, 5.41) is 13.1. The van der Waals surface area contributed by atoms with Gasteiger partial charge in [-0.05, 0) is 61.0 Å². The van der Waals surface area contributed by atoms with E-state index in [1.807, 2.05) is 32.6 Å². The number of hydrogen-bond donors (Lipinski definition) is 7. The van der Waals surface area contributed by atoms with Crippen LogP contribution in [0.2, 0.25) is 0 Å². The molecule has 0 aromatic heterocycles. The topological polar surface area (TPSA) is 303 Å². The van der Waals surface area contributed by atoms with E-state index in [0.717, 1.165) is 17.7 Å². The highest BCUT2D eigenvalue weighted by Crippen LogP contribution is 2.26. The first-order valence-corrected chi connectivity index (χ1v) is 24.8. The van der Waals surface area contributed by atoms with E-state index in [2.05, 4.69) is 39.7 Å². The zero-order chi connectivity index (χ0) is 55.0. The Hall–Kier alpha value is -6.03. The molecule has 22 heteroatoms. The van der Waals surface area contributed by atoms with Gasteiger partial charge in [-0.3, -0.25) is 38.5 Å². The molecule has 10 amide bonds. The van der Waals surface area contributed by atoms with Crippen molar-refractivity contribution in [3.63, 3.8) is 0 Å². The van der Waals surface area contributed by atoms with Crippen LogP contribution in [-0.4, -0.2) is 165 Å². The summed E-state index contributed by atoms with van der Waals surface area (Å²) in [6, 6.07) is -5.55. The van der Waals surface area contributed by atoms with Gasteiger partial charge in [0.1, 0.15) is 30.8 Å². The molecule has 408 valence electrons. The molecule has 9 N–H and O–H groups in total. The van der Waals surface area contributed by atoms with Crippen molar-refractivity contribution < 1.29 is 57.4 Å². The van der Waals surface area contributed by atoms with Gasteiger partial charge in [-0.2, -0.15) is 0 Å². The molecular weight excluding hydrogens is 933 g/mol. The Morgan fingerprint density at radius 3 is 1.99 bits per heavy atom. The summed E-state index contributed by atoms with van der Waals surface area (Å²) in [5.41, 5.74) is 10.7. The Balaban J connectivity index is 3.09. The maximum absolute atomic E-state index is 14.4. The van der Waals surface area contributed by atoms with Crippen molar-refractivity contribution in [3.05, 3.63) is 36.6 Å². The van der Waals surface area contributed by atoms with E-state index >= 15 is 0 Å². The second kappa shape index (κ2) is 32.1. The molecule has 22 nitrogen and oxygen atoms in total. The van der Waals surface area contributed by atoms with E-state index in [1.54, 1.807) is 46.8 Å². The first kappa shape index (κ1) is 64.0. The molecule has 0 radical (unpaired) electrons. The van der Waals surface area contributed by atoms with Crippen molar-refractivity contribution >= 4 is 53.5 Å². The monoisotopic (exact) mass is 1020 g/mol. The van der Waals surface area contributed by atoms with Crippen LogP contribution in [0.1, 0.15) is 107 Å². The summed E-state index contributed by atoms with van der Waals surface area (Å²) in [6.07, 6.45) is 3.70. The number of primary amides is 2. The molecule has 1 rings (SSSR count). The first-order valence-electron chi connectivity index (χ1n) is 24.8. The minimum Gasteiger partial charge on any atom is -0.445 e. The van der Waals surface area contributed by atoms with E-state index in [0.29, 0.717) is 19.6 Å². The quantitative estimate of drug-likeness (QED) is 0.0377. The summed E-state index contributed by atoms with van der Waals surface area (Å²) in [6.45, 7) is 23.1. The molecule has 1 heterocycles. The minimum absolute atomic E-state index is 0.0199. The fraction of sp³-hybridized carbons (Fsp3) is 0.700. The third-order valence-corrected chi connectivity index (χ3v) is 12.6. The predicted molar refractivity (Wildman–Crippen MR) is 272 cm³/mol. The Bertz CT molecular complexity index is 1910. The van der Waals surface area contributed by atoms with E-state index in [4.69, 9.17) is 25.7 Å². The van der Waals surface area contributed by atoms with Crippen LogP contribution >= 0.6 is 0 Å². The first-order chi connectivity index (χ1) is 33.7. The van der Waals surface area contributed by atoms with Gasteiger partial charge in [0.15, 0.2) is 0 Å². The molecule has 1 fully saturated rings. The molecule has 0 saturated carbocycles. The Morgan fingerprint density at radius 2 is 1.44 bits per heavy atom. The number of carbonyl (C=O) groups is 9. The van der Waals surface area contributed by atoms with Gasteiger partial charge in [0.05, 0.1) is 31.2 Å². The molecule has 0 aliphatic carbocycles. The van der Waals surface area contributed by atoms with Crippen LogP contribution in [0.5, 0.6) is 0 Å². The number of likely N-dealkylation sites (N-methyl/N-ethyl adjacent to an activating group) is 2. The molecular formula is C50H86N10O12. The standard InChI is InChI=1S/C50H86N10O12/c1-15-33(9)44(37(71-14)26-40(63)60-25-17-18-35(60)28-70-13)58(11)48(67)42(30(4)5)57-47(66)43(31(6)7)59(12)50(69)72-27-32(8)20-21-34(10)54-45(64)36(19-16-24-53-49(52)68)55-46(65)41(29(2)3)56-39(62)23-22-38(51)61/h20-21,29-31,33,35-37,41-44H,8,10,15-19,22-28H2,1-7,9,11-14H3,(H2,51,61)(H,54,64)(H,55,65)(H,56,62)(H,57,66)(H3,52,53,68)/b21-20-. The molecule has 0 aromatic rings. The van der Waals surface area contributed by atoms with Crippen molar-refractivity contribution in [1.29, 1.82) is 0 Å². The lowest BCUT2D eigenvalue weighted by molar-refractivity contribution is -0.146. The molecule has 0 bridgehead atoms. The fourth-order valence-electron chi connectivity index (χ4n) is 8.43. The van der Waals surface area contributed by atoms with Crippen LogP contribution in [0, 0.1) is 23.7 Å².